The van der Waals surface area contributed by atoms with Crippen LogP contribution in [0.3, 0.4) is 0 Å². The van der Waals surface area contributed by atoms with Crippen LogP contribution in [0.1, 0.15) is 47.5 Å². The summed E-state index contributed by atoms with van der Waals surface area (Å²) in [7, 11) is 0. The highest BCUT2D eigenvalue weighted by Gasteiger charge is 2.19. The Kier molecular flexibility index (Phi) is 9.98. The summed E-state index contributed by atoms with van der Waals surface area (Å²) in [5.74, 6) is 0.471. The lowest BCUT2D eigenvalue weighted by atomic mass is 10.1. The van der Waals surface area contributed by atoms with Crippen molar-refractivity contribution in [3.8, 4) is 0 Å². The van der Waals surface area contributed by atoms with E-state index in [9.17, 15) is 4.79 Å². The van der Waals surface area contributed by atoms with Gasteiger partial charge in [-0.1, -0.05) is 27.7 Å². The molecule has 1 N–H and O–H groups in total. The van der Waals surface area contributed by atoms with Crippen molar-refractivity contribution in [2.45, 2.75) is 59.5 Å². The molecule has 0 aliphatic carbocycles. The molecular weight excluding hydrogens is 230 g/mol. The van der Waals surface area contributed by atoms with Crippen molar-refractivity contribution in [1.29, 1.82) is 0 Å². The van der Waals surface area contributed by atoms with Crippen molar-refractivity contribution in [3.05, 3.63) is 0 Å². The van der Waals surface area contributed by atoms with Gasteiger partial charge in [-0.2, -0.15) is 0 Å². The number of carbonyl (C=O) groups is 1. The Balaban J connectivity index is 3.90. The average molecular weight is 259 g/mol. The van der Waals surface area contributed by atoms with Crippen LogP contribution in [-0.2, 0) is 14.3 Å². The van der Waals surface area contributed by atoms with Gasteiger partial charge in [-0.05, 0) is 25.7 Å². The molecule has 0 aromatic rings. The third-order valence-electron chi connectivity index (χ3n) is 2.50. The second kappa shape index (κ2) is 10.3. The molecule has 1 atom stereocenters. The van der Waals surface area contributed by atoms with Crippen molar-refractivity contribution < 1.29 is 14.3 Å². The van der Waals surface area contributed by atoms with Crippen molar-refractivity contribution in [3.63, 3.8) is 0 Å². The Labute approximate surface area is 111 Å². The van der Waals surface area contributed by atoms with E-state index in [-0.39, 0.29) is 18.1 Å². The zero-order valence-electron chi connectivity index (χ0n) is 12.5. The first-order valence-corrected chi connectivity index (χ1v) is 6.97. The third kappa shape index (κ3) is 9.42. The number of hydrogen-bond acceptors (Lipinski definition) is 4. The summed E-state index contributed by atoms with van der Waals surface area (Å²) < 4.78 is 10.6. The summed E-state index contributed by atoms with van der Waals surface area (Å²) in [6.07, 6.45) is 1.72. The van der Waals surface area contributed by atoms with Crippen molar-refractivity contribution in [2.24, 2.45) is 5.92 Å². The maximum atomic E-state index is 11.7. The van der Waals surface area contributed by atoms with Crippen LogP contribution in [0, 0.1) is 5.92 Å². The van der Waals surface area contributed by atoms with Crippen molar-refractivity contribution in [2.75, 3.05) is 19.8 Å². The first kappa shape index (κ1) is 17.4. The van der Waals surface area contributed by atoms with E-state index in [0.29, 0.717) is 25.6 Å². The maximum Gasteiger partial charge on any atom is 0.323 e. The molecule has 0 bridgehead atoms. The summed E-state index contributed by atoms with van der Waals surface area (Å²) in [4.78, 5) is 11.7. The van der Waals surface area contributed by atoms with Gasteiger partial charge in [0.15, 0.2) is 0 Å². The second-order valence-corrected chi connectivity index (χ2v) is 5.21. The first-order valence-electron chi connectivity index (χ1n) is 6.97. The molecule has 1 unspecified atom stereocenters. The first-order chi connectivity index (χ1) is 8.47. The molecule has 4 nitrogen and oxygen atoms in total. The lowest BCUT2D eigenvalue weighted by Crippen LogP contribution is -2.42. The van der Waals surface area contributed by atoms with Crippen LogP contribution in [-0.4, -0.2) is 37.9 Å². The van der Waals surface area contributed by atoms with E-state index in [1.165, 1.54) is 0 Å². The number of ether oxygens (including phenoxy) is 2. The van der Waals surface area contributed by atoms with E-state index in [1.807, 2.05) is 20.8 Å². The monoisotopic (exact) mass is 259 g/mol. The Morgan fingerprint density at radius 2 is 1.72 bits per heavy atom. The molecule has 18 heavy (non-hydrogen) atoms. The Morgan fingerprint density at radius 3 is 2.22 bits per heavy atom. The Hall–Kier alpha value is -0.610. The molecule has 0 aliphatic heterocycles. The normalized spacial score (nSPS) is 13.1. The standard InChI is InChI=1S/C14H29NO3/c1-6-18-14(16)13(15-12(4)5)8-10-17-9-7-11(2)3/h11-13,15H,6-10H2,1-5H3. The minimum atomic E-state index is -0.260. The van der Waals surface area contributed by atoms with Gasteiger partial charge in [0.25, 0.3) is 0 Å². The van der Waals surface area contributed by atoms with Gasteiger partial charge in [0.2, 0.25) is 0 Å². The highest BCUT2D eigenvalue weighted by atomic mass is 16.5. The molecule has 0 spiro atoms. The van der Waals surface area contributed by atoms with Crippen molar-refractivity contribution >= 4 is 5.97 Å². The summed E-state index contributed by atoms with van der Waals surface area (Å²) in [5, 5.41) is 3.21. The van der Waals surface area contributed by atoms with E-state index in [1.54, 1.807) is 0 Å². The van der Waals surface area contributed by atoms with Crippen LogP contribution in [0.2, 0.25) is 0 Å². The van der Waals surface area contributed by atoms with Gasteiger partial charge in [-0.3, -0.25) is 4.79 Å². The molecule has 0 aromatic carbocycles. The summed E-state index contributed by atoms with van der Waals surface area (Å²) in [5.41, 5.74) is 0. The van der Waals surface area contributed by atoms with Gasteiger partial charge >= 0.3 is 5.97 Å². The van der Waals surface area contributed by atoms with Crippen LogP contribution in [0.15, 0.2) is 0 Å². The molecule has 0 fully saturated rings. The van der Waals surface area contributed by atoms with Gasteiger partial charge in [-0.15, -0.1) is 0 Å². The van der Waals surface area contributed by atoms with Crippen LogP contribution < -0.4 is 5.32 Å². The van der Waals surface area contributed by atoms with E-state index in [2.05, 4.69) is 19.2 Å². The predicted octanol–water partition coefficient (Wildman–Crippen LogP) is 2.37. The number of hydrogen-bond donors (Lipinski definition) is 1. The smallest absolute Gasteiger partial charge is 0.323 e. The van der Waals surface area contributed by atoms with Gasteiger partial charge < -0.3 is 14.8 Å². The molecule has 108 valence electrons. The minimum absolute atomic E-state index is 0.182. The molecule has 0 amide bonds. The lowest BCUT2D eigenvalue weighted by Gasteiger charge is -2.19. The fraction of sp³-hybridized carbons (Fsp3) is 0.929. The molecule has 0 saturated heterocycles. The summed E-state index contributed by atoms with van der Waals surface area (Å²) >= 11 is 0. The molecule has 4 heteroatoms. The second-order valence-electron chi connectivity index (χ2n) is 5.21. The van der Waals surface area contributed by atoms with Crippen LogP contribution in [0.25, 0.3) is 0 Å². The zero-order valence-corrected chi connectivity index (χ0v) is 12.5. The average Bonchev–Trinajstić information content (AvgIpc) is 2.26. The SMILES string of the molecule is CCOC(=O)C(CCOCCC(C)C)NC(C)C. The minimum Gasteiger partial charge on any atom is -0.465 e. The molecular formula is C14H29NO3. The predicted molar refractivity (Wildman–Crippen MR) is 73.6 cm³/mol. The van der Waals surface area contributed by atoms with E-state index >= 15 is 0 Å². The topological polar surface area (TPSA) is 47.6 Å². The summed E-state index contributed by atoms with van der Waals surface area (Å²) in [6, 6.07) is -0.000861. The van der Waals surface area contributed by atoms with Gasteiger partial charge in [-0.25, -0.2) is 0 Å². The Bertz CT molecular complexity index is 217. The Morgan fingerprint density at radius 1 is 1.11 bits per heavy atom. The van der Waals surface area contributed by atoms with Crippen LogP contribution >= 0.6 is 0 Å². The number of esters is 1. The number of carbonyl (C=O) groups excluding carboxylic acids is 1. The molecule has 0 rings (SSSR count). The summed E-state index contributed by atoms with van der Waals surface area (Å²) in [6.45, 7) is 12.0. The zero-order chi connectivity index (χ0) is 14.0. The van der Waals surface area contributed by atoms with Gasteiger partial charge in [0.1, 0.15) is 6.04 Å². The fourth-order valence-corrected chi connectivity index (χ4v) is 1.54. The highest BCUT2D eigenvalue weighted by Crippen LogP contribution is 2.02. The van der Waals surface area contributed by atoms with Gasteiger partial charge in [0, 0.05) is 19.3 Å². The van der Waals surface area contributed by atoms with Crippen molar-refractivity contribution in [1.82, 2.24) is 5.32 Å². The van der Waals surface area contributed by atoms with Crippen LogP contribution in [0.4, 0.5) is 0 Å². The number of nitrogens with one attached hydrogen (secondary N) is 1. The lowest BCUT2D eigenvalue weighted by molar-refractivity contribution is -0.146. The third-order valence-corrected chi connectivity index (χ3v) is 2.50. The molecule has 0 saturated carbocycles. The largest absolute Gasteiger partial charge is 0.465 e. The molecule has 0 radical (unpaired) electrons. The molecule has 0 aromatic heterocycles. The van der Waals surface area contributed by atoms with Crippen LogP contribution in [0.5, 0.6) is 0 Å². The van der Waals surface area contributed by atoms with E-state index < -0.39 is 0 Å². The maximum absolute atomic E-state index is 11.7. The molecule has 0 heterocycles. The quantitative estimate of drug-likeness (QED) is 0.483. The fourth-order valence-electron chi connectivity index (χ4n) is 1.54. The van der Waals surface area contributed by atoms with E-state index in [4.69, 9.17) is 9.47 Å². The molecule has 0 aliphatic rings. The highest BCUT2D eigenvalue weighted by molar-refractivity contribution is 5.75. The van der Waals surface area contributed by atoms with E-state index in [0.717, 1.165) is 13.0 Å². The number of rotatable bonds is 10. The van der Waals surface area contributed by atoms with Gasteiger partial charge in [0.05, 0.1) is 6.61 Å².